The molecule has 0 atom stereocenters. The van der Waals surface area contributed by atoms with E-state index in [9.17, 15) is 0 Å². The van der Waals surface area contributed by atoms with Gasteiger partial charge in [-0.15, -0.1) is 5.10 Å². The number of aromatic nitrogens is 3. The van der Waals surface area contributed by atoms with Crippen LogP contribution in [-0.4, -0.2) is 28.4 Å². The van der Waals surface area contributed by atoms with E-state index in [1.807, 2.05) is 0 Å². The maximum absolute atomic E-state index is 5.39. The number of hydrogen-bond acceptors (Lipinski definition) is 3. The molecule has 1 saturated carbocycles. The Kier molecular flexibility index (Phi) is 3.80. The summed E-state index contributed by atoms with van der Waals surface area (Å²) in [5, 5.41) is 7.37. The molecule has 0 amide bonds. The van der Waals surface area contributed by atoms with Crippen molar-refractivity contribution in [1.29, 1.82) is 0 Å². The van der Waals surface area contributed by atoms with Crippen LogP contribution in [0.3, 0.4) is 0 Å². The van der Waals surface area contributed by atoms with Gasteiger partial charge in [-0.3, -0.25) is 4.57 Å². The van der Waals surface area contributed by atoms with Crippen molar-refractivity contribution in [1.82, 2.24) is 14.8 Å². The largest absolute Gasteiger partial charge is 0.343 e. The van der Waals surface area contributed by atoms with Crippen molar-refractivity contribution in [3.8, 4) is 0 Å². The average molecular weight is 268 g/mol. The number of H-pyrrole nitrogens is 1. The Morgan fingerprint density at radius 3 is 2.56 bits per heavy atom. The van der Waals surface area contributed by atoms with Crippen LogP contribution in [-0.2, 0) is 0 Å². The third kappa shape index (κ3) is 2.94. The Hall–Kier alpha value is -0.840. The van der Waals surface area contributed by atoms with Crippen LogP contribution < -0.4 is 4.90 Å². The van der Waals surface area contributed by atoms with Crippen LogP contribution in [0.5, 0.6) is 0 Å². The molecule has 1 heterocycles. The van der Waals surface area contributed by atoms with Crippen molar-refractivity contribution in [2.75, 3.05) is 18.5 Å². The second-order valence-electron chi connectivity index (χ2n) is 6.55. The van der Waals surface area contributed by atoms with Gasteiger partial charge in [0.2, 0.25) is 5.95 Å². The zero-order chi connectivity index (χ0) is 13.3. The van der Waals surface area contributed by atoms with Crippen LogP contribution in [0.25, 0.3) is 0 Å². The normalized spacial score (nSPS) is 17.3. The lowest BCUT2D eigenvalue weighted by atomic mass is 9.96. The van der Waals surface area contributed by atoms with E-state index in [2.05, 4.69) is 47.5 Å². The van der Waals surface area contributed by atoms with E-state index < -0.39 is 0 Å². The Morgan fingerprint density at radius 1 is 1.39 bits per heavy atom. The van der Waals surface area contributed by atoms with Gasteiger partial charge in [0, 0.05) is 19.6 Å². The molecular formula is C13H24N4S. The highest BCUT2D eigenvalue weighted by Crippen LogP contribution is 2.32. The van der Waals surface area contributed by atoms with Gasteiger partial charge < -0.3 is 4.90 Å². The fourth-order valence-corrected chi connectivity index (χ4v) is 3.12. The Balaban J connectivity index is 2.25. The molecule has 0 saturated heterocycles. The first kappa shape index (κ1) is 13.6. The minimum absolute atomic E-state index is 0.253. The van der Waals surface area contributed by atoms with Crippen LogP contribution >= 0.6 is 12.2 Å². The third-order valence-corrected chi connectivity index (χ3v) is 3.72. The molecule has 1 aliphatic carbocycles. The molecule has 0 unspecified atom stereocenters. The van der Waals surface area contributed by atoms with Crippen molar-refractivity contribution < 1.29 is 0 Å². The highest BCUT2D eigenvalue weighted by atomic mass is 32.1. The fourth-order valence-electron chi connectivity index (χ4n) is 2.84. The molecule has 1 aromatic rings. The summed E-state index contributed by atoms with van der Waals surface area (Å²) in [7, 11) is 2.10. The van der Waals surface area contributed by atoms with E-state index in [0.717, 1.165) is 17.3 Å². The van der Waals surface area contributed by atoms with E-state index in [0.29, 0.717) is 6.04 Å². The quantitative estimate of drug-likeness (QED) is 0.852. The van der Waals surface area contributed by atoms with Crippen molar-refractivity contribution in [2.45, 2.75) is 52.5 Å². The Bertz CT molecular complexity index is 448. The van der Waals surface area contributed by atoms with E-state index >= 15 is 0 Å². The number of hydrogen-bond donors (Lipinski definition) is 1. The lowest BCUT2D eigenvalue weighted by molar-refractivity contribution is 0.410. The zero-order valence-electron chi connectivity index (χ0n) is 11.9. The summed E-state index contributed by atoms with van der Waals surface area (Å²) in [6.07, 6.45) is 5.06. The SMILES string of the molecule is CN(CC(C)(C)C)c1n[nH]c(=S)n1C1CCCC1. The van der Waals surface area contributed by atoms with E-state index in [1.54, 1.807) is 0 Å². The minimum Gasteiger partial charge on any atom is -0.343 e. The maximum Gasteiger partial charge on any atom is 0.225 e. The van der Waals surface area contributed by atoms with Crippen molar-refractivity contribution in [3.63, 3.8) is 0 Å². The van der Waals surface area contributed by atoms with E-state index in [4.69, 9.17) is 12.2 Å². The first-order valence-electron chi connectivity index (χ1n) is 6.76. The monoisotopic (exact) mass is 268 g/mol. The van der Waals surface area contributed by atoms with Gasteiger partial charge in [0.25, 0.3) is 0 Å². The molecule has 0 aliphatic heterocycles. The topological polar surface area (TPSA) is 36.9 Å². The number of anilines is 1. The lowest BCUT2D eigenvalue weighted by Crippen LogP contribution is -2.31. The fraction of sp³-hybridized carbons (Fsp3) is 0.846. The van der Waals surface area contributed by atoms with Gasteiger partial charge in [-0.05, 0) is 30.5 Å². The van der Waals surface area contributed by atoms with Crippen LogP contribution in [0.15, 0.2) is 0 Å². The van der Waals surface area contributed by atoms with Crippen LogP contribution in [0.2, 0.25) is 0 Å². The summed E-state index contributed by atoms with van der Waals surface area (Å²) in [6.45, 7) is 7.69. The van der Waals surface area contributed by atoms with Gasteiger partial charge in [0.1, 0.15) is 0 Å². The predicted octanol–water partition coefficient (Wildman–Crippen LogP) is 3.54. The van der Waals surface area contributed by atoms with Crippen LogP contribution in [0.1, 0.15) is 52.5 Å². The van der Waals surface area contributed by atoms with Crippen molar-refractivity contribution >= 4 is 18.2 Å². The first-order chi connectivity index (χ1) is 8.38. The summed E-state index contributed by atoms with van der Waals surface area (Å²) < 4.78 is 2.98. The number of rotatable bonds is 3. The number of nitrogens with zero attached hydrogens (tertiary/aromatic N) is 3. The second kappa shape index (κ2) is 5.03. The van der Waals surface area contributed by atoms with E-state index in [1.165, 1.54) is 25.7 Å². The standard InChI is InChI=1S/C13H24N4S/c1-13(2,3)9-16(4)11-14-15-12(18)17(11)10-7-5-6-8-10/h10H,5-9H2,1-4H3,(H,15,18). The lowest BCUT2D eigenvalue weighted by Gasteiger charge is -2.28. The van der Waals surface area contributed by atoms with Crippen molar-refractivity contribution in [3.05, 3.63) is 4.77 Å². The van der Waals surface area contributed by atoms with E-state index in [-0.39, 0.29) is 5.41 Å². The molecule has 1 aromatic heterocycles. The molecule has 0 radical (unpaired) electrons. The smallest absolute Gasteiger partial charge is 0.225 e. The first-order valence-corrected chi connectivity index (χ1v) is 7.17. The summed E-state index contributed by atoms with van der Waals surface area (Å²) in [4.78, 5) is 2.21. The summed E-state index contributed by atoms with van der Waals surface area (Å²) in [5.74, 6) is 0.988. The van der Waals surface area contributed by atoms with Gasteiger partial charge in [0.05, 0.1) is 0 Å². The highest BCUT2D eigenvalue weighted by Gasteiger charge is 2.24. The number of aromatic amines is 1. The summed E-state index contributed by atoms with van der Waals surface area (Å²) in [5.41, 5.74) is 0.253. The maximum atomic E-state index is 5.39. The minimum atomic E-state index is 0.253. The average Bonchev–Trinajstić information content (AvgIpc) is 2.82. The molecule has 1 aliphatic rings. The number of nitrogens with one attached hydrogen (secondary N) is 1. The molecule has 0 bridgehead atoms. The molecule has 1 N–H and O–H groups in total. The highest BCUT2D eigenvalue weighted by molar-refractivity contribution is 7.71. The van der Waals surface area contributed by atoms with Gasteiger partial charge in [-0.2, -0.15) is 0 Å². The Morgan fingerprint density at radius 2 is 2.00 bits per heavy atom. The van der Waals surface area contributed by atoms with Crippen LogP contribution in [0, 0.1) is 10.2 Å². The van der Waals surface area contributed by atoms with Crippen LogP contribution in [0.4, 0.5) is 5.95 Å². The summed E-state index contributed by atoms with van der Waals surface area (Å²) in [6, 6.07) is 0.536. The van der Waals surface area contributed by atoms with Gasteiger partial charge >= 0.3 is 0 Å². The van der Waals surface area contributed by atoms with Crippen molar-refractivity contribution in [2.24, 2.45) is 5.41 Å². The van der Waals surface area contributed by atoms with Gasteiger partial charge in [-0.1, -0.05) is 33.6 Å². The molecule has 102 valence electrons. The van der Waals surface area contributed by atoms with Gasteiger partial charge in [-0.25, -0.2) is 5.10 Å². The molecule has 18 heavy (non-hydrogen) atoms. The Labute approximate surface area is 114 Å². The van der Waals surface area contributed by atoms with Gasteiger partial charge in [0.15, 0.2) is 4.77 Å². The zero-order valence-corrected chi connectivity index (χ0v) is 12.7. The molecule has 0 aromatic carbocycles. The molecule has 5 heteroatoms. The summed E-state index contributed by atoms with van der Waals surface area (Å²) >= 11 is 5.39. The molecule has 1 fully saturated rings. The molecule has 0 spiro atoms. The predicted molar refractivity (Wildman–Crippen MR) is 77.6 cm³/mol. The molecule has 2 rings (SSSR count). The second-order valence-corrected chi connectivity index (χ2v) is 6.94. The molecule has 4 nitrogen and oxygen atoms in total. The third-order valence-electron chi connectivity index (χ3n) is 3.43. The molecular weight excluding hydrogens is 244 g/mol.